The Labute approximate surface area is 123 Å². The Balaban J connectivity index is 2.49. The van der Waals surface area contributed by atoms with E-state index in [1.165, 1.54) is 0 Å². The van der Waals surface area contributed by atoms with Crippen molar-refractivity contribution in [2.75, 3.05) is 20.1 Å². The number of rotatable bonds is 7. The van der Waals surface area contributed by atoms with Crippen molar-refractivity contribution in [1.82, 2.24) is 4.90 Å². The molecule has 1 unspecified atom stereocenters. The molecule has 0 saturated heterocycles. The fraction of sp³-hybridized carbons (Fsp3) is 0.600. The quantitative estimate of drug-likeness (QED) is 0.839. The Morgan fingerprint density at radius 3 is 2.24 bits per heavy atom. The van der Waals surface area contributed by atoms with Gasteiger partial charge in [-0.3, -0.25) is 0 Å². The van der Waals surface area contributed by atoms with Gasteiger partial charge in [-0.1, -0.05) is 12.1 Å². The van der Waals surface area contributed by atoms with Gasteiger partial charge in [0, 0.05) is 19.1 Å². The first kappa shape index (κ1) is 17.8. The summed E-state index contributed by atoms with van der Waals surface area (Å²) < 4.78 is 42.0. The molecule has 21 heavy (non-hydrogen) atoms. The molecule has 1 aromatic carbocycles. The number of halogens is 3. The van der Waals surface area contributed by atoms with Gasteiger partial charge in [0.15, 0.2) is 0 Å². The molecule has 1 aromatic rings. The van der Waals surface area contributed by atoms with Gasteiger partial charge in [-0.05, 0) is 38.6 Å². The maximum absolute atomic E-state index is 12.2. The van der Waals surface area contributed by atoms with Gasteiger partial charge in [-0.2, -0.15) is 13.2 Å². The zero-order valence-corrected chi connectivity index (χ0v) is 12.7. The van der Waals surface area contributed by atoms with Gasteiger partial charge in [-0.15, -0.1) is 0 Å². The molecule has 0 aliphatic carbocycles. The first-order chi connectivity index (χ1) is 9.67. The molecule has 0 amide bonds. The zero-order valence-electron chi connectivity index (χ0n) is 12.7. The van der Waals surface area contributed by atoms with Gasteiger partial charge >= 0.3 is 6.18 Å². The summed E-state index contributed by atoms with van der Waals surface area (Å²) in [6, 6.07) is 7.02. The molecule has 1 rings (SSSR count). The lowest BCUT2D eigenvalue weighted by Gasteiger charge is -2.22. The lowest BCUT2D eigenvalue weighted by molar-refractivity contribution is -0.137. The third-order valence-corrected chi connectivity index (χ3v) is 2.97. The molecule has 1 atom stereocenters. The van der Waals surface area contributed by atoms with E-state index < -0.39 is 12.6 Å². The molecule has 6 heteroatoms. The van der Waals surface area contributed by atoms with Crippen LogP contribution in [0.3, 0.4) is 0 Å². The van der Waals surface area contributed by atoms with Crippen molar-refractivity contribution in [2.45, 2.75) is 38.6 Å². The van der Waals surface area contributed by atoms with Gasteiger partial charge in [0.1, 0.15) is 5.75 Å². The second-order valence-corrected chi connectivity index (χ2v) is 5.47. The SMILES string of the molecule is CC(C)Oc1ccc(C(N)CN(C)CCC(F)(F)F)cc1. The summed E-state index contributed by atoms with van der Waals surface area (Å²) in [6.45, 7) is 4.21. The molecule has 0 radical (unpaired) electrons. The molecular weight excluding hydrogens is 281 g/mol. The van der Waals surface area contributed by atoms with E-state index in [0.717, 1.165) is 11.3 Å². The topological polar surface area (TPSA) is 38.5 Å². The number of nitrogens with zero attached hydrogens (tertiary/aromatic N) is 1. The lowest BCUT2D eigenvalue weighted by atomic mass is 10.1. The second-order valence-electron chi connectivity index (χ2n) is 5.47. The summed E-state index contributed by atoms with van der Waals surface area (Å²) in [7, 11) is 1.64. The second kappa shape index (κ2) is 7.66. The predicted molar refractivity (Wildman–Crippen MR) is 77.3 cm³/mol. The molecule has 0 fully saturated rings. The van der Waals surface area contributed by atoms with Crippen LogP contribution in [0.15, 0.2) is 24.3 Å². The molecule has 0 heterocycles. The van der Waals surface area contributed by atoms with Crippen LogP contribution in [0.5, 0.6) is 5.75 Å². The van der Waals surface area contributed by atoms with Crippen molar-refractivity contribution >= 4 is 0 Å². The van der Waals surface area contributed by atoms with E-state index in [1.807, 2.05) is 38.1 Å². The van der Waals surface area contributed by atoms with Crippen LogP contribution < -0.4 is 10.5 Å². The van der Waals surface area contributed by atoms with Crippen LogP contribution in [-0.2, 0) is 0 Å². The molecule has 0 bridgehead atoms. The minimum Gasteiger partial charge on any atom is -0.491 e. The minimum absolute atomic E-state index is 0.0499. The molecule has 0 spiro atoms. The van der Waals surface area contributed by atoms with Crippen molar-refractivity contribution in [1.29, 1.82) is 0 Å². The minimum atomic E-state index is -4.13. The fourth-order valence-electron chi connectivity index (χ4n) is 1.92. The van der Waals surface area contributed by atoms with E-state index in [-0.39, 0.29) is 18.7 Å². The summed E-state index contributed by atoms with van der Waals surface area (Å²) in [5, 5.41) is 0. The molecule has 2 N–H and O–H groups in total. The number of hydrogen-bond donors (Lipinski definition) is 1. The van der Waals surface area contributed by atoms with E-state index in [0.29, 0.717) is 6.54 Å². The van der Waals surface area contributed by atoms with Crippen LogP contribution in [-0.4, -0.2) is 37.3 Å². The number of nitrogens with two attached hydrogens (primary N) is 1. The highest BCUT2D eigenvalue weighted by molar-refractivity contribution is 5.29. The monoisotopic (exact) mass is 304 g/mol. The number of hydrogen-bond acceptors (Lipinski definition) is 3. The average Bonchev–Trinajstić information content (AvgIpc) is 2.35. The predicted octanol–water partition coefficient (Wildman–Crippen LogP) is 3.36. The van der Waals surface area contributed by atoms with Crippen molar-refractivity contribution in [3.8, 4) is 5.75 Å². The molecular formula is C15H23F3N2O. The van der Waals surface area contributed by atoms with Crippen LogP contribution in [0.1, 0.15) is 31.9 Å². The number of ether oxygens (including phenoxy) is 1. The maximum Gasteiger partial charge on any atom is 0.390 e. The summed E-state index contributed by atoms with van der Waals surface area (Å²) in [5.41, 5.74) is 6.90. The average molecular weight is 304 g/mol. The van der Waals surface area contributed by atoms with E-state index >= 15 is 0 Å². The highest BCUT2D eigenvalue weighted by atomic mass is 19.4. The van der Waals surface area contributed by atoms with Crippen LogP contribution in [0.25, 0.3) is 0 Å². The van der Waals surface area contributed by atoms with Gasteiger partial charge < -0.3 is 15.4 Å². The summed E-state index contributed by atoms with van der Waals surface area (Å²) in [4.78, 5) is 1.59. The van der Waals surface area contributed by atoms with E-state index in [4.69, 9.17) is 10.5 Å². The normalized spacial score (nSPS) is 13.8. The van der Waals surface area contributed by atoms with Crippen molar-refractivity contribution < 1.29 is 17.9 Å². The number of likely N-dealkylation sites (N-methyl/N-ethyl adjacent to an activating group) is 1. The Hall–Kier alpha value is -1.27. The molecule has 0 aliphatic heterocycles. The lowest BCUT2D eigenvalue weighted by Crippen LogP contribution is -2.31. The number of alkyl halides is 3. The molecule has 0 aliphatic rings. The Morgan fingerprint density at radius 2 is 1.76 bits per heavy atom. The third kappa shape index (κ3) is 7.34. The number of benzene rings is 1. The Kier molecular flexibility index (Phi) is 6.48. The van der Waals surface area contributed by atoms with Crippen molar-refractivity contribution in [3.63, 3.8) is 0 Å². The van der Waals surface area contributed by atoms with E-state index in [2.05, 4.69) is 0 Å². The highest BCUT2D eigenvalue weighted by Crippen LogP contribution is 2.21. The fourth-order valence-corrected chi connectivity index (χ4v) is 1.92. The molecule has 3 nitrogen and oxygen atoms in total. The van der Waals surface area contributed by atoms with Crippen LogP contribution >= 0.6 is 0 Å². The van der Waals surface area contributed by atoms with Crippen molar-refractivity contribution in [2.24, 2.45) is 5.73 Å². The largest absolute Gasteiger partial charge is 0.491 e. The maximum atomic E-state index is 12.2. The first-order valence-corrected chi connectivity index (χ1v) is 6.95. The molecule has 0 saturated carbocycles. The van der Waals surface area contributed by atoms with Gasteiger partial charge in [0.2, 0.25) is 0 Å². The van der Waals surface area contributed by atoms with Crippen LogP contribution in [0.2, 0.25) is 0 Å². The van der Waals surface area contributed by atoms with Crippen LogP contribution in [0.4, 0.5) is 13.2 Å². The highest BCUT2D eigenvalue weighted by Gasteiger charge is 2.27. The summed E-state index contributed by atoms with van der Waals surface area (Å²) in [6.07, 6.45) is -4.86. The van der Waals surface area contributed by atoms with Crippen molar-refractivity contribution in [3.05, 3.63) is 29.8 Å². The Bertz CT molecular complexity index is 418. The first-order valence-electron chi connectivity index (χ1n) is 6.95. The standard InChI is InChI=1S/C15H23F3N2O/c1-11(2)21-13-6-4-12(5-7-13)14(19)10-20(3)9-8-15(16,17)18/h4-7,11,14H,8-10,19H2,1-3H3. The van der Waals surface area contributed by atoms with E-state index in [1.54, 1.807) is 11.9 Å². The van der Waals surface area contributed by atoms with Crippen LogP contribution in [0, 0.1) is 0 Å². The van der Waals surface area contributed by atoms with Gasteiger partial charge in [-0.25, -0.2) is 0 Å². The van der Waals surface area contributed by atoms with Gasteiger partial charge in [0.25, 0.3) is 0 Å². The Morgan fingerprint density at radius 1 is 1.19 bits per heavy atom. The zero-order chi connectivity index (χ0) is 16.0. The molecule has 120 valence electrons. The third-order valence-electron chi connectivity index (χ3n) is 2.97. The summed E-state index contributed by atoms with van der Waals surface area (Å²) in [5.74, 6) is 0.756. The molecule has 0 aromatic heterocycles. The smallest absolute Gasteiger partial charge is 0.390 e. The summed E-state index contributed by atoms with van der Waals surface area (Å²) >= 11 is 0. The van der Waals surface area contributed by atoms with Gasteiger partial charge in [0.05, 0.1) is 12.5 Å². The van der Waals surface area contributed by atoms with E-state index in [9.17, 15) is 13.2 Å².